The number of aliphatic hydroxyl groups is 1. The molecule has 1 aromatic carbocycles. The van der Waals surface area contributed by atoms with Crippen LogP contribution in [-0.2, 0) is 14.3 Å². The molecule has 6 rings (SSSR count). The second-order valence-corrected chi connectivity index (χ2v) is 17.6. The number of thiazole rings is 1. The van der Waals surface area contributed by atoms with Crippen molar-refractivity contribution in [3.8, 4) is 10.4 Å². The average molecular weight is 782 g/mol. The van der Waals surface area contributed by atoms with E-state index in [2.05, 4.69) is 25.3 Å². The third-order valence-corrected chi connectivity index (χ3v) is 11.9. The van der Waals surface area contributed by atoms with Crippen LogP contribution in [0.3, 0.4) is 0 Å². The molecule has 3 saturated heterocycles. The number of nitrogens with zero attached hydrogens (tertiary/aromatic N) is 6. The molecule has 2 aromatic heterocycles. The molecule has 4 atom stereocenters. The number of piperazine rings is 1. The Labute approximate surface area is 327 Å². The molecule has 3 amide bonds. The van der Waals surface area contributed by atoms with Gasteiger partial charge in [-0.25, -0.2) is 14.2 Å². The molecule has 2 N–H and O–H groups in total. The summed E-state index contributed by atoms with van der Waals surface area (Å²) in [5.41, 5.74) is 2.82. The van der Waals surface area contributed by atoms with E-state index in [9.17, 15) is 19.5 Å². The van der Waals surface area contributed by atoms with Crippen molar-refractivity contribution in [3.63, 3.8) is 0 Å². The van der Waals surface area contributed by atoms with E-state index in [1.54, 1.807) is 22.3 Å². The van der Waals surface area contributed by atoms with E-state index in [-0.39, 0.29) is 49.6 Å². The van der Waals surface area contributed by atoms with Gasteiger partial charge in [-0.3, -0.25) is 14.5 Å². The minimum absolute atomic E-state index is 0.0511. The zero-order chi connectivity index (χ0) is 39.7. The number of aryl methyl sites for hydroxylation is 1. The Bertz CT molecular complexity index is 1790. The first-order valence-electron chi connectivity index (χ1n) is 19.4. The second-order valence-electron chi connectivity index (χ2n) is 16.7. The Hall–Kier alpha value is -4.08. The molecule has 5 heterocycles. The van der Waals surface area contributed by atoms with Crippen LogP contribution in [0.5, 0.6) is 0 Å². The number of nitrogens with one attached hydrogen (secondary N) is 1. The monoisotopic (exact) mass is 781 g/mol. The van der Waals surface area contributed by atoms with Crippen molar-refractivity contribution in [3.05, 3.63) is 52.9 Å². The Morgan fingerprint density at radius 2 is 1.75 bits per heavy atom. The Kier molecular flexibility index (Phi) is 12.2. The minimum Gasteiger partial charge on any atom is -0.444 e. The number of anilines is 1. The van der Waals surface area contributed by atoms with Crippen LogP contribution >= 0.6 is 11.3 Å². The van der Waals surface area contributed by atoms with Gasteiger partial charge in [0.1, 0.15) is 23.2 Å². The molecule has 0 radical (unpaired) electrons. The van der Waals surface area contributed by atoms with E-state index in [1.165, 1.54) is 4.90 Å². The molecule has 0 spiro atoms. The zero-order valence-corrected chi connectivity index (χ0v) is 33.9. The van der Waals surface area contributed by atoms with Gasteiger partial charge in [0.2, 0.25) is 11.8 Å². The SMILES string of the molecule is Cc1ncsc1-c1ccc(C(C)NC(=O)[C@@H]2C[C@@H](O)CN2C(=O)C(c2cc(N3CCN(CC4(F)CCN(C(=O)OC(C)(C)C)CC4)CC3)no2)C(C)C)cc1. The molecular formula is C40H56FN7O6S. The molecule has 2 unspecified atom stereocenters. The van der Waals surface area contributed by atoms with Gasteiger partial charge >= 0.3 is 6.09 Å². The van der Waals surface area contributed by atoms with Crippen molar-refractivity contribution in [2.75, 3.05) is 57.3 Å². The van der Waals surface area contributed by atoms with Crippen LogP contribution in [0.1, 0.15) is 89.8 Å². The van der Waals surface area contributed by atoms with Gasteiger partial charge in [-0.15, -0.1) is 11.3 Å². The smallest absolute Gasteiger partial charge is 0.410 e. The van der Waals surface area contributed by atoms with E-state index in [0.29, 0.717) is 57.4 Å². The van der Waals surface area contributed by atoms with Crippen LogP contribution in [0.15, 0.2) is 40.4 Å². The van der Waals surface area contributed by atoms with Crippen molar-refractivity contribution in [2.45, 2.75) is 103 Å². The molecule has 13 nitrogen and oxygen atoms in total. The Balaban J connectivity index is 1.03. The highest BCUT2D eigenvalue weighted by Gasteiger charge is 2.44. The Morgan fingerprint density at radius 3 is 2.35 bits per heavy atom. The standard InChI is InChI=1S/C40H56FN7O6S/c1-25(2)34(37(51)48-22-30(49)20-31(48)36(50)43-26(3)28-8-10-29(11-9-28)35-27(4)42-24-55-35)32-21-33(44-54-32)46-18-16-45(17-19-46)23-40(41)12-14-47(15-13-40)38(52)53-39(5,6)7/h8-11,21,24-26,30-31,34,49H,12-20,22-23H2,1-7H3,(H,43,50)/t26?,30-,31+,34?/m1/s1. The van der Waals surface area contributed by atoms with Gasteiger partial charge in [0.25, 0.3) is 0 Å². The van der Waals surface area contributed by atoms with Crippen LogP contribution in [0.2, 0.25) is 0 Å². The highest BCUT2D eigenvalue weighted by atomic mass is 32.1. The molecule has 3 fully saturated rings. The molecule has 0 saturated carbocycles. The van der Waals surface area contributed by atoms with Gasteiger partial charge in [0.05, 0.1) is 28.2 Å². The predicted molar refractivity (Wildman–Crippen MR) is 209 cm³/mol. The highest BCUT2D eigenvalue weighted by molar-refractivity contribution is 7.13. The number of ether oxygens (including phenoxy) is 1. The lowest BCUT2D eigenvalue weighted by Gasteiger charge is -2.42. The summed E-state index contributed by atoms with van der Waals surface area (Å²) in [6, 6.07) is 8.66. The van der Waals surface area contributed by atoms with Crippen LogP contribution < -0.4 is 10.2 Å². The molecule has 15 heteroatoms. The number of amides is 3. The van der Waals surface area contributed by atoms with Crippen molar-refractivity contribution in [2.24, 2.45) is 5.92 Å². The van der Waals surface area contributed by atoms with Gasteiger partial charge in [0.15, 0.2) is 11.6 Å². The second kappa shape index (κ2) is 16.6. The number of aromatic nitrogens is 2. The van der Waals surface area contributed by atoms with Gasteiger partial charge in [-0.05, 0) is 51.7 Å². The van der Waals surface area contributed by atoms with Crippen LogP contribution in [0, 0.1) is 12.8 Å². The lowest BCUT2D eigenvalue weighted by atomic mass is 9.91. The first-order valence-corrected chi connectivity index (χ1v) is 20.3. The van der Waals surface area contributed by atoms with Gasteiger partial charge in [-0.2, -0.15) is 0 Å². The van der Waals surface area contributed by atoms with Gasteiger partial charge in [-0.1, -0.05) is 43.3 Å². The molecule has 300 valence electrons. The number of halogens is 1. The van der Waals surface area contributed by atoms with Gasteiger partial charge in [0, 0.05) is 77.7 Å². The molecule has 3 aliphatic rings. The fraction of sp³-hybridized carbons (Fsp3) is 0.625. The fourth-order valence-corrected chi connectivity index (χ4v) is 8.61. The molecular weight excluding hydrogens is 726 g/mol. The number of carbonyl (C=O) groups excluding carboxylic acids is 3. The number of piperidine rings is 1. The number of likely N-dealkylation sites (tertiary alicyclic amines) is 2. The Morgan fingerprint density at radius 1 is 1.07 bits per heavy atom. The first-order chi connectivity index (χ1) is 26.0. The summed E-state index contributed by atoms with van der Waals surface area (Å²) in [5.74, 6) is -0.476. The average Bonchev–Trinajstić information content (AvgIpc) is 3.88. The minimum atomic E-state index is -1.38. The maximum Gasteiger partial charge on any atom is 0.410 e. The summed E-state index contributed by atoms with van der Waals surface area (Å²) < 4.78 is 27.2. The molecule has 3 aromatic rings. The molecule has 0 aliphatic carbocycles. The lowest BCUT2D eigenvalue weighted by Crippen LogP contribution is -2.54. The molecule has 0 bridgehead atoms. The summed E-state index contributed by atoms with van der Waals surface area (Å²) in [6.45, 7) is 16.7. The predicted octanol–water partition coefficient (Wildman–Crippen LogP) is 5.55. The van der Waals surface area contributed by atoms with Gasteiger partial charge < -0.3 is 34.4 Å². The maximum absolute atomic E-state index is 15.9. The summed E-state index contributed by atoms with van der Waals surface area (Å²) >= 11 is 1.59. The van der Waals surface area contributed by atoms with Crippen molar-refractivity contribution in [1.82, 2.24) is 30.2 Å². The summed E-state index contributed by atoms with van der Waals surface area (Å²) in [5, 5.41) is 18.1. The van der Waals surface area contributed by atoms with E-state index >= 15 is 4.39 Å². The van der Waals surface area contributed by atoms with Crippen LogP contribution in [0.4, 0.5) is 15.0 Å². The molecule has 3 aliphatic heterocycles. The van der Waals surface area contributed by atoms with Crippen molar-refractivity contribution < 1.29 is 33.1 Å². The topological polar surface area (TPSA) is 145 Å². The number of hydrogen-bond donors (Lipinski definition) is 2. The van der Waals surface area contributed by atoms with E-state index in [4.69, 9.17) is 9.26 Å². The number of carbonyl (C=O) groups is 3. The molecule has 55 heavy (non-hydrogen) atoms. The third kappa shape index (κ3) is 9.66. The number of aliphatic hydroxyl groups excluding tert-OH is 1. The van der Waals surface area contributed by atoms with E-state index in [1.807, 2.05) is 78.2 Å². The number of alkyl halides is 1. The number of rotatable bonds is 10. The lowest BCUT2D eigenvalue weighted by molar-refractivity contribution is -0.141. The largest absolute Gasteiger partial charge is 0.444 e. The summed E-state index contributed by atoms with van der Waals surface area (Å²) in [7, 11) is 0. The number of β-amino-alcohol motifs (C(OH)–C–C–N with tert-alkyl or cyclic N) is 1. The van der Waals surface area contributed by atoms with E-state index < -0.39 is 35.4 Å². The summed E-state index contributed by atoms with van der Waals surface area (Å²) in [6.07, 6.45) is -0.548. The van der Waals surface area contributed by atoms with Crippen LogP contribution in [0.25, 0.3) is 10.4 Å². The third-order valence-electron chi connectivity index (χ3n) is 10.9. The zero-order valence-electron chi connectivity index (χ0n) is 33.1. The van der Waals surface area contributed by atoms with Crippen molar-refractivity contribution >= 4 is 35.1 Å². The first kappa shape index (κ1) is 40.6. The maximum atomic E-state index is 15.9. The fourth-order valence-electron chi connectivity index (χ4n) is 7.80. The highest BCUT2D eigenvalue weighted by Crippen LogP contribution is 2.34. The number of hydrogen-bond acceptors (Lipinski definition) is 11. The van der Waals surface area contributed by atoms with E-state index in [0.717, 1.165) is 21.7 Å². The van der Waals surface area contributed by atoms with Crippen LogP contribution in [-0.4, -0.2) is 124 Å². The quantitative estimate of drug-likeness (QED) is 0.269. The normalized spacial score (nSPS) is 21.8. The number of benzene rings is 1. The van der Waals surface area contributed by atoms with Crippen molar-refractivity contribution in [1.29, 1.82) is 0 Å². The summed E-state index contributed by atoms with van der Waals surface area (Å²) in [4.78, 5) is 53.0.